The Labute approximate surface area is 99.1 Å². The van der Waals surface area contributed by atoms with E-state index >= 15 is 0 Å². The van der Waals surface area contributed by atoms with Gasteiger partial charge in [-0.15, -0.1) is 0 Å². The molecule has 1 aromatic heterocycles. The minimum absolute atomic E-state index is 0.108. The van der Waals surface area contributed by atoms with Crippen molar-refractivity contribution in [3.05, 3.63) is 30.0 Å². The summed E-state index contributed by atoms with van der Waals surface area (Å²) in [5.41, 5.74) is 1.74. The molecule has 1 heterocycles. The van der Waals surface area contributed by atoms with Gasteiger partial charge in [0.2, 0.25) is 0 Å². The highest BCUT2D eigenvalue weighted by Crippen LogP contribution is 2.28. The third-order valence-corrected chi connectivity index (χ3v) is 2.90. The summed E-state index contributed by atoms with van der Waals surface area (Å²) in [6.45, 7) is 2.70. The van der Waals surface area contributed by atoms with E-state index in [1.165, 1.54) is 0 Å². The highest BCUT2D eigenvalue weighted by molar-refractivity contribution is 5.86. The number of phenols is 1. The van der Waals surface area contributed by atoms with Crippen LogP contribution < -0.4 is 0 Å². The number of nitrogens with zero attached hydrogens (tertiary/aromatic N) is 1. The summed E-state index contributed by atoms with van der Waals surface area (Å²) >= 11 is 0. The number of phenolic OH excluding ortho intramolecular Hbond substituents is 1. The Bertz CT molecular complexity index is 557. The molecular weight excluding hydrogens is 218 g/mol. The third kappa shape index (κ3) is 2.11. The molecule has 2 rings (SSSR count). The van der Waals surface area contributed by atoms with Crippen molar-refractivity contribution in [2.24, 2.45) is 0 Å². The van der Waals surface area contributed by atoms with Gasteiger partial charge in [-0.2, -0.15) is 0 Å². The first-order chi connectivity index (χ1) is 8.13. The molecule has 0 radical (unpaired) electrons. The van der Waals surface area contributed by atoms with Crippen LogP contribution in [0.15, 0.2) is 24.3 Å². The number of aromatic hydroxyl groups is 1. The fourth-order valence-corrected chi connectivity index (χ4v) is 2.16. The van der Waals surface area contributed by atoms with Crippen LogP contribution in [0.5, 0.6) is 5.75 Å². The Hall–Kier alpha value is -1.97. The minimum atomic E-state index is -0.804. The largest absolute Gasteiger partial charge is 0.506 e. The number of hydrogen-bond donors (Lipinski definition) is 2. The summed E-state index contributed by atoms with van der Waals surface area (Å²) in [6.07, 6.45) is 0.592. The third-order valence-electron chi connectivity index (χ3n) is 2.90. The minimum Gasteiger partial charge on any atom is -0.506 e. The molecule has 90 valence electrons. The van der Waals surface area contributed by atoms with Gasteiger partial charge < -0.3 is 14.8 Å². The number of carboxylic acids is 1. The monoisotopic (exact) mass is 233 g/mol. The summed E-state index contributed by atoms with van der Waals surface area (Å²) in [4.78, 5) is 10.6. The SMILES string of the molecule is CCn1c(CCC(=O)O)cc2cccc(O)c21. The number of benzene rings is 1. The van der Waals surface area contributed by atoms with Gasteiger partial charge in [0.05, 0.1) is 11.9 Å². The lowest BCUT2D eigenvalue weighted by Gasteiger charge is -2.07. The van der Waals surface area contributed by atoms with Crippen molar-refractivity contribution in [2.75, 3.05) is 0 Å². The van der Waals surface area contributed by atoms with Crippen LogP contribution in [0.4, 0.5) is 0 Å². The second-order valence-electron chi connectivity index (χ2n) is 3.99. The van der Waals surface area contributed by atoms with Crippen LogP contribution in [0.25, 0.3) is 10.9 Å². The molecule has 0 fully saturated rings. The standard InChI is InChI=1S/C13H15NO3/c1-2-14-10(6-7-12(16)17)8-9-4-3-5-11(15)13(9)14/h3-5,8,15H,2,6-7H2,1H3,(H,16,17). The van der Waals surface area contributed by atoms with Gasteiger partial charge in [-0.25, -0.2) is 0 Å². The van der Waals surface area contributed by atoms with Crippen LogP contribution in [0.2, 0.25) is 0 Å². The molecule has 4 heteroatoms. The number of aryl methyl sites for hydroxylation is 2. The molecular formula is C13H15NO3. The molecule has 17 heavy (non-hydrogen) atoms. The van der Waals surface area contributed by atoms with E-state index in [9.17, 15) is 9.90 Å². The van der Waals surface area contributed by atoms with E-state index in [4.69, 9.17) is 5.11 Å². The summed E-state index contributed by atoms with van der Waals surface area (Å²) in [7, 11) is 0. The first kappa shape index (κ1) is 11.5. The molecule has 0 aliphatic carbocycles. The average molecular weight is 233 g/mol. The quantitative estimate of drug-likeness (QED) is 0.852. The maximum Gasteiger partial charge on any atom is 0.303 e. The van der Waals surface area contributed by atoms with E-state index < -0.39 is 5.97 Å². The molecule has 0 bridgehead atoms. The smallest absolute Gasteiger partial charge is 0.303 e. The number of aromatic nitrogens is 1. The van der Waals surface area contributed by atoms with Gasteiger partial charge in [-0.1, -0.05) is 12.1 Å². The Balaban J connectivity index is 2.49. The van der Waals surface area contributed by atoms with Crippen molar-refractivity contribution in [2.45, 2.75) is 26.3 Å². The second kappa shape index (κ2) is 4.49. The lowest BCUT2D eigenvalue weighted by Crippen LogP contribution is -2.04. The van der Waals surface area contributed by atoms with Crippen molar-refractivity contribution in [3.63, 3.8) is 0 Å². The van der Waals surface area contributed by atoms with Gasteiger partial charge >= 0.3 is 5.97 Å². The highest BCUT2D eigenvalue weighted by Gasteiger charge is 2.11. The number of carbonyl (C=O) groups is 1. The van der Waals surface area contributed by atoms with Crippen molar-refractivity contribution in [1.29, 1.82) is 0 Å². The van der Waals surface area contributed by atoms with E-state index in [0.29, 0.717) is 6.42 Å². The molecule has 1 aromatic carbocycles. The number of hydrogen-bond acceptors (Lipinski definition) is 2. The zero-order valence-corrected chi connectivity index (χ0v) is 9.68. The lowest BCUT2D eigenvalue weighted by molar-refractivity contribution is -0.136. The fraction of sp³-hybridized carbons (Fsp3) is 0.308. The Morgan fingerprint density at radius 3 is 2.82 bits per heavy atom. The van der Waals surface area contributed by atoms with Gasteiger partial charge in [-0.05, 0) is 25.5 Å². The van der Waals surface area contributed by atoms with Crippen LogP contribution in [0.1, 0.15) is 19.0 Å². The Morgan fingerprint density at radius 1 is 1.41 bits per heavy atom. The molecule has 0 atom stereocenters. The highest BCUT2D eigenvalue weighted by atomic mass is 16.4. The summed E-state index contributed by atoms with van der Waals surface area (Å²) < 4.78 is 1.97. The van der Waals surface area contributed by atoms with Crippen molar-refractivity contribution in [1.82, 2.24) is 4.57 Å². The van der Waals surface area contributed by atoms with E-state index in [0.717, 1.165) is 23.1 Å². The van der Waals surface area contributed by atoms with E-state index in [2.05, 4.69) is 0 Å². The van der Waals surface area contributed by atoms with E-state index in [1.54, 1.807) is 12.1 Å². The molecule has 0 spiro atoms. The molecule has 0 aliphatic rings. The van der Waals surface area contributed by atoms with Crippen LogP contribution in [-0.2, 0) is 17.8 Å². The molecule has 2 aromatic rings. The van der Waals surface area contributed by atoms with Crippen LogP contribution >= 0.6 is 0 Å². The fourth-order valence-electron chi connectivity index (χ4n) is 2.16. The van der Waals surface area contributed by atoms with Crippen LogP contribution in [-0.4, -0.2) is 20.7 Å². The predicted molar refractivity (Wildman–Crippen MR) is 65.2 cm³/mol. The average Bonchev–Trinajstić information content (AvgIpc) is 2.65. The van der Waals surface area contributed by atoms with Gasteiger partial charge in [0.1, 0.15) is 5.75 Å². The normalized spacial score (nSPS) is 10.9. The zero-order chi connectivity index (χ0) is 12.4. The Kier molecular flexibility index (Phi) is 3.04. The number of rotatable bonds is 4. The van der Waals surface area contributed by atoms with Crippen LogP contribution in [0, 0.1) is 0 Å². The molecule has 2 N–H and O–H groups in total. The summed E-state index contributed by atoms with van der Waals surface area (Å²) in [6, 6.07) is 7.31. The molecule has 0 saturated carbocycles. The van der Waals surface area contributed by atoms with Crippen LogP contribution in [0.3, 0.4) is 0 Å². The lowest BCUT2D eigenvalue weighted by atomic mass is 10.2. The number of fused-ring (bicyclic) bond motifs is 1. The summed E-state index contributed by atoms with van der Waals surface area (Å²) in [5, 5.41) is 19.5. The van der Waals surface area contributed by atoms with Crippen molar-refractivity contribution in [3.8, 4) is 5.75 Å². The van der Waals surface area contributed by atoms with Gasteiger partial charge in [0.15, 0.2) is 0 Å². The number of carboxylic acid groups (broad SMARTS) is 1. The van der Waals surface area contributed by atoms with E-state index in [1.807, 2.05) is 23.6 Å². The zero-order valence-electron chi connectivity index (χ0n) is 9.68. The summed E-state index contributed by atoms with van der Waals surface area (Å²) in [5.74, 6) is -0.562. The number of aliphatic carboxylic acids is 1. The maximum absolute atomic E-state index is 10.6. The van der Waals surface area contributed by atoms with Crippen molar-refractivity contribution < 1.29 is 15.0 Å². The topological polar surface area (TPSA) is 62.5 Å². The molecule has 0 saturated heterocycles. The molecule has 4 nitrogen and oxygen atoms in total. The maximum atomic E-state index is 10.6. The Morgan fingerprint density at radius 2 is 2.18 bits per heavy atom. The molecule has 0 unspecified atom stereocenters. The van der Waals surface area contributed by atoms with Crippen molar-refractivity contribution >= 4 is 16.9 Å². The molecule has 0 amide bonds. The van der Waals surface area contributed by atoms with Gasteiger partial charge in [0.25, 0.3) is 0 Å². The second-order valence-corrected chi connectivity index (χ2v) is 3.99. The molecule has 0 aliphatic heterocycles. The van der Waals surface area contributed by atoms with E-state index in [-0.39, 0.29) is 12.2 Å². The van der Waals surface area contributed by atoms with Gasteiger partial charge in [0, 0.05) is 17.6 Å². The number of para-hydroxylation sites is 1. The first-order valence-corrected chi connectivity index (χ1v) is 5.65. The van der Waals surface area contributed by atoms with Gasteiger partial charge in [-0.3, -0.25) is 4.79 Å². The predicted octanol–water partition coefficient (Wildman–Crippen LogP) is 2.38. The first-order valence-electron chi connectivity index (χ1n) is 5.65.